The van der Waals surface area contributed by atoms with Crippen molar-refractivity contribution in [2.24, 2.45) is 5.73 Å². The Hall–Kier alpha value is -0.910. The van der Waals surface area contributed by atoms with Crippen molar-refractivity contribution in [2.75, 3.05) is 6.54 Å². The molecule has 0 saturated carbocycles. The van der Waals surface area contributed by atoms with E-state index in [0.29, 0.717) is 5.56 Å². The molecule has 14 heavy (non-hydrogen) atoms. The van der Waals surface area contributed by atoms with Crippen molar-refractivity contribution in [3.63, 3.8) is 0 Å². The highest BCUT2D eigenvalue weighted by Crippen LogP contribution is 2.12. The van der Waals surface area contributed by atoms with Gasteiger partial charge in [-0.25, -0.2) is 0 Å². The van der Waals surface area contributed by atoms with Crippen molar-refractivity contribution in [1.82, 2.24) is 0 Å². The largest absolute Gasteiger partial charge is 0.331 e. The fourth-order valence-electron chi connectivity index (χ4n) is 0.846. The molecule has 1 aromatic rings. The van der Waals surface area contributed by atoms with E-state index < -0.39 is 10.1 Å². The Morgan fingerprint density at radius 2 is 1.79 bits per heavy atom. The molecule has 4 nitrogen and oxygen atoms in total. The second-order valence-electron chi connectivity index (χ2n) is 2.65. The van der Waals surface area contributed by atoms with Crippen LogP contribution in [0.15, 0.2) is 29.2 Å². The van der Waals surface area contributed by atoms with Gasteiger partial charge in [0.15, 0.2) is 0 Å². The van der Waals surface area contributed by atoms with Crippen LogP contribution in [-0.4, -0.2) is 19.5 Å². The molecule has 0 unspecified atom stereocenters. The first-order chi connectivity index (χ1) is 6.43. The number of hydrogen-bond acceptors (Lipinski definition) is 3. The zero-order valence-electron chi connectivity index (χ0n) is 8.27. The molecule has 80 valence electrons. The van der Waals surface area contributed by atoms with Gasteiger partial charge in [0, 0.05) is 0 Å². The number of aryl methyl sites for hydroxylation is 1. The summed E-state index contributed by atoms with van der Waals surface area (Å²) in [7, 11) is -4.03. The predicted molar refractivity (Wildman–Crippen MR) is 55.7 cm³/mol. The maximum absolute atomic E-state index is 10.6. The van der Waals surface area contributed by atoms with Crippen LogP contribution in [-0.2, 0) is 10.1 Å². The minimum absolute atomic E-state index is 0.0278. The standard InChI is InChI=1S/C7H8O3S.C2H7N/c1-6-4-2-3-5-7(6)11(8,9)10;1-2-3/h2-5H,1H3,(H,8,9,10);2-3H2,1H3. The molecule has 0 aliphatic heterocycles. The van der Waals surface area contributed by atoms with Crippen LogP contribution in [0.25, 0.3) is 0 Å². The molecule has 0 aromatic heterocycles. The van der Waals surface area contributed by atoms with E-state index in [1.54, 1.807) is 25.1 Å². The molecule has 0 aliphatic rings. The van der Waals surface area contributed by atoms with Crippen LogP contribution in [0.2, 0.25) is 0 Å². The first kappa shape index (κ1) is 13.1. The van der Waals surface area contributed by atoms with Crippen LogP contribution in [0.5, 0.6) is 0 Å². The molecule has 0 radical (unpaired) electrons. The molecule has 0 aliphatic carbocycles. The number of benzene rings is 1. The van der Waals surface area contributed by atoms with Crippen molar-refractivity contribution >= 4 is 10.1 Å². The third-order valence-electron chi connectivity index (χ3n) is 1.37. The van der Waals surface area contributed by atoms with Crippen LogP contribution in [0.4, 0.5) is 0 Å². The molecule has 5 heteroatoms. The zero-order chi connectivity index (χ0) is 11.2. The fourth-order valence-corrected chi connectivity index (χ4v) is 1.57. The molecule has 0 saturated heterocycles. The summed E-state index contributed by atoms with van der Waals surface area (Å²) < 4.78 is 29.9. The lowest BCUT2D eigenvalue weighted by Crippen LogP contribution is -1.99. The van der Waals surface area contributed by atoms with E-state index in [2.05, 4.69) is 0 Å². The van der Waals surface area contributed by atoms with Gasteiger partial charge < -0.3 is 5.73 Å². The first-order valence-electron chi connectivity index (χ1n) is 4.16. The van der Waals surface area contributed by atoms with E-state index in [1.165, 1.54) is 6.07 Å². The Bertz CT molecular complexity index is 373. The topological polar surface area (TPSA) is 80.4 Å². The van der Waals surface area contributed by atoms with Crippen molar-refractivity contribution < 1.29 is 13.0 Å². The van der Waals surface area contributed by atoms with Gasteiger partial charge in [-0.3, -0.25) is 4.55 Å². The average molecular weight is 217 g/mol. The summed E-state index contributed by atoms with van der Waals surface area (Å²) in [5.74, 6) is 0. The summed E-state index contributed by atoms with van der Waals surface area (Å²) in [5, 5.41) is 0. The van der Waals surface area contributed by atoms with Gasteiger partial charge in [-0.2, -0.15) is 8.42 Å². The molecular formula is C9H15NO3S. The van der Waals surface area contributed by atoms with Gasteiger partial charge in [-0.15, -0.1) is 0 Å². The lowest BCUT2D eigenvalue weighted by atomic mass is 10.2. The second-order valence-corrected chi connectivity index (χ2v) is 4.04. The highest BCUT2D eigenvalue weighted by atomic mass is 32.2. The molecular weight excluding hydrogens is 202 g/mol. The van der Waals surface area contributed by atoms with E-state index in [9.17, 15) is 8.42 Å². The predicted octanol–water partition coefficient (Wildman–Crippen LogP) is 1.21. The van der Waals surface area contributed by atoms with Crippen LogP contribution in [0.3, 0.4) is 0 Å². The smallest absolute Gasteiger partial charge is 0.294 e. The van der Waals surface area contributed by atoms with E-state index in [0.717, 1.165) is 6.54 Å². The Balaban J connectivity index is 0.000000500. The normalized spacial score (nSPS) is 10.3. The monoisotopic (exact) mass is 217 g/mol. The molecule has 0 spiro atoms. The maximum atomic E-state index is 10.6. The van der Waals surface area contributed by atoms with Crippen LogP contribution < -0.4 is 5.73 Å². The van der Waals surface area contributed by atoms with E-state index >= 15 is 0 Å². The van der Waals surface area contributed by atoms with E-state index in [1.807, 2.05) is 6.92 Å². The zero-order valence-corrected chi connectivity index (χ0v) is 9.08. The van der Waals surface area contributed by atoms with Gasteiger partial charge in [0.2, 0.25) is 0 Å². The van der Waals surface area contributed by atoms with E-state index in [-0.39, 0.29) is 4.90 Å². The Labute approximate surface area is 84.5 Å². The minimum Gasteiger partial charge on any atom is -0.331 e. The van der Waals surface area contributed by atoms with Gasteiger partial charge in [0.05, 0.1) is 4.90 Å². The van der Waals surface area contributed by atoms with Crippen molar-refractivity contribution in [3.8, 4) is 0 Å². The lowest BCUT2D eigenvalue weighted by molar-refractivity contribution is 0.482. The second kappa shape index (κ2) is 5.74. The summed E-state index contributed by atoms with van der Waals surface area (Å²) in [6.45, 7) is 4.28. The Kier molecular flexibility index (Phi) is 5.37. The average Bonchev–Trinajstić information content (AvgIpc) is 2.04. The summed E-state index contributed by atoms with van der Waals surface area (Å²) in [5.41, 5.74) is 5.40. The highest BCUT2D eigenvalue weighted by molar-refractivity contribution is 7.85. The molecule has 0 heterocycles. The molecule has 1 aromatic carbocycles. The highest BCUT2D eigenvalue weighted by Gasteiger charge is 2.10. The summed E-state index contributed by atoms with van der Waals surface area (Å²) >= 11 is 0. The molecule has 0 fully saturated rings. The van der Waals surface area contributed by atoms with Gasteiger partial charge in [-0.1, -0.05) is 25.1 Å². The van der Waals surface area contributed by atoms with Gasteiger partial charge in [0.25, 0.3) is 10.1 Å². The van der Waals surface area contributed by atoms with Gasteiger partial charge in [0.1, 0.15) is 0 Å². The Morgan fingerprint density at radius 3 is 2.07 bits per heavy atom. The molecule has 3 N–H and O–H groups in total. The molecule has 0 amide bonds. The van der Waals surface area contributed by atoms with Crippen molar-refractivity contribution in [2.45, 2.75) is 18.7 Å². The fraction of sp³-hybridized carbons (Fsp3) is 0.333. The summed E-state index contributed by atoms with van der Waals surface area (Å²) in [6.07, 6.45) is 0. The third kappa shape index (κ3) is 4.36. The summed E-state index contributed by atoms with van der Waals surface area (Å²) in [6, 6.07) is 6.27. The van der Waals surface area contributed by atoms with Crippen molar-refractivity contribution in [1.29, 1.82) is 0 Å². The van der Waals surface area contributed by atoms with Gasteiger partial charge >= 0.3 is 0 Å². The lowest BCUT2D eigenvalue weighted by Gasteiger charge is -1.99. The third-order valence-corrected chi connectivity index (χ3v) is 2.39. The number of hydrogen-bond donors (Lipinski definition) is 2. The Morgan fingerprint density at radius 1 is 1.36 bits per heavy atom. The summed E-state index contributed by atoms with van der Waals surface area (Å²) in [4.78, 5) is -0.0278. The van der Waals surface area contributed by atoms with Crippen LogP contribution in [0, 0.1) is 6.92 Å². The molecule has 0 atom stereocenters. The van der Waals surface area contributed by atoms with Gasteiger partial charge in [-0.05, 0) is 25.1 Å². The van der Waals surface area contributed by atoms with Crippen LogP contribution >= 0.6 is 0 Å². The SMILES string of the molecule is CCN.Cc1ccccc1S(=O)(=O)O. The maximum Gasteiger partial charge on any atom is 0.294 e. The van der Waals surface area contributed by atoms with Crippen molar-refractivity contribution in [3.05, 3.63) is 29.8 Å². The molecule has 1 rings (SSSR count). The van der Waals surface area contributed by atoms with E-state index in [4.69, 9.17) is 10.3 Å². The minimum atomic E-state index is -4.03. The van der Waals surface area contributed by atoms with Crippen LogP contribution in [0.1, 0.15) is 12.5 Å². The number of rotatable bonds is 1. The molecule has 0 bridgehead atoms. The first-order valence-corrected chi connectivity index (χ1v) is 5.60. The number of nitrogens with two attached hydrogens (primary N) is 1. The quantitative estimate of drug-likeness (QED) is 0.693.